The van der Waals surface area contributed by atoms with Gasteiger partial charge in [-0.2, -0.15) is 5.26 Å². The van der Waals surface area contributed by atoms with Gasteiger partial charge in [0.15, 0.2) is 5.44 Å². The van der Waals surface area contributed by atoms with E-state index in [0.29, 0.717) is 22.6 Å². The van der Waals surface area contributed by atoms with Gasteiger partial charge >= 0.3 is 0 Å². The molecule has 0 atom stereocenters. The quantitative estimate of drug-likeness (QED) is 0.459. The van der Waals surface area contributed by atoms with Gasteiger partial charge in [-0.25, -0.2) is 4.85 Å². The molecule has 24 heavy (non-hydrogen) atoms. The molecule has 0 bridgehead atoms. The van der Waals surface area contributed by atoms with Crippen LogP contribution in [0.1, 0.15) is 0 Å². The van der Waals surface area contributed by atoms with Crippen molar-refractivity contribution in [2.24, 2.45) is 0 Å². The summed E-state index contributed by atoms with van der Waals surface area (Å²) in [5.74, 6) is 0. The first kappa shape index (κ1) is 14.5. The van der Waals surface area contributed by atoms with E-state index < -0.39 is 6.89 Å². The van der Waals surface area contributed by atoms with Gasteiger partial charge in [-0.05, 0) is 33.9 Å². The molecular formula is C20H11N2OP. The van der Waals surface area contributed by atoms with Crippen LogP contribution in [0.2, 0.25) is 0 Å². The number of rotatable bonds is 1. The summed E-state index contributed by atoms with van der Waals surface area (Å²) in [6, 6.07) is 18.2. The first-order chi connectivity index (χ1) is 11.8. The van der Waals surface area contributed by atoms with Gasteiger partial charge < -0.3 is 0 Å². The zero-order valence-electron chi connectivity index (χ0n) is 12.6. The molecule has 2 heterocycles. The Kier molecular flexibility index (Phi) is 3.14. The van der Waals surface area contributed by atoms with Gasteiger partial charge in [-0.3, -0.25) is 4.79 Å². The summed E-state index contributed by atoms with van der Waals surface area (Å²) >= 11 is 0. The lowest BCUT2D eigenvalue weighted by Gasteiger charge is -2.26. The van der Waals surface area contributed by atoms with Crippen LogP contribution < -0.4 is 10.6 Å². The van der Waals surface area contributed by atoms with E-state index in [2.05, 4.69) is 10.9 Å². The number of carbonyl (C=O) groups is 1. The Morgan fingerprint density at radius 1 is 1.00 bits per heavy atom. The summed E-state index contributed by atoms with van der Waals surface area (Å²) in [6.07, 6.45) is 3.99. The molecule has 0 fully saturated rings. The highest BCUT2D eigenvalue weighted by Gasteiger charge is 2.41. The fraction of sp³-hybridized carbons (Fsp3) is 0. The number of benzene rings is 2. The number of hydrogen-bond donors (Lipinski definition) is 0. The van der Waals surface area contributed by atoms with Crippen molar-refractivity contribution in [1.82, 2.24) is 0 Å². The predicted molar refractivity (Wildman–Crippen MR) is 97.5 cm³/mol. The zero-order valence-corrected chi connectivity index (χ0v) is 13.5. The average Bonchev–Trinajstić information content (AvgIpc) is 2.94. The van der Waals surface area contributed by atoms with Gasteiger partial charge in [0.1, 0.15) is 6.29 Å². The van der Waals surface area contributed by atoms with Gasteiger partial charge in [-0.1, -0.05) is 48.5 Å². The van der Waals surface area contributed by atoms with E-state index in [4.69, 9.17) is 6.57 Å². The van der Waals surface area contributed by atoms with Crippen LogP contribution in [0.5, 0.6) is 0 Å². The van der Waals surface area contributed by atoms with E-state index in [1.54, 1.807) is 12.2 Å². The molecule has 112 valence electrons. The molecule has 4 heteroatoms. The minimum Gasteiger partial charge on any atom is -0.298 e. The third-order valence-corrected chi connectivity index (χ3v) is 8.58. The molecule has 0 saturated heterocycles. The maximum Gasteiger partial charge on any atom is 0.196 e. The Hall–Kier alpha value is -3.13. The molecule has 0 aromatic heterocycles. The number of aldehydes is 1. The van der Waals surface area contributed by atoms with Crippen LogP contribution in [0.25, 0.3) is 16.0 Å². The lowest BCUT2D eigenvalue weighted by Crippen LogP contribution is -2.19. The monoisotopic (exact) mass is 326 g/mol. The summed E-state index contributed by atoms with van der Waals surface area (Å²) in [4.78, 5) is 15.0. The van der Waals surface area contributed by atoms with Gasteiger partial charge in [-0.15, -0.1) is 0 Å². The molecule has 2 aromatic carbocycles. The van der Waals surface area contributed by atoms with Crippen molar-refractivity contribution in [1.29, 1.82) is 5.26 Å². The van der Waals surface area contributed by atoms with E-state index in [9.17, 15) is 10.1 Å². The summed E-state index contributed by atoms with van der Waals surface area (Å²) in [7, 11) is 0. The van der Waals surface area contributed by atoms with Gasteiger partial charge in [0.2, 0.25) is 0 Å². The van der Waals surface area contributed by atoms with Gasteiger partial charge in [0.05, 0.1) is 17.9 Å². The largest absolute Gasteiger partial charge is 0.298 e. The Bertz CT molecular complexity index is 1060. The second kappa shape index (κ2) is 5.20. The Balaban J connectivity index is 2.30. The number of nitrogens with zero attached hydrogens (tertiary/aromatic N) is 2. The van der Waals surface area contributed by atoms with Crippen LogP contribution in [-0.2, 0) is 4.79 Å². The van der Waals surface area contributed by atoms with E-state index >= 15 is 0 Å². The normalized spacial score (nSPS) is 16.3. The predicted octanol–water partition coefficient (Wildman–Crippen LogP) is 3.23. The third kappa shape index (κ3) is 1.63. The molecule has 3 nitrogen and oxygen atoms in total. The fourth-order valence-corrected chi connectivity index (χ4v) is 7.81. The highest BCUT2D eigenvalue weighted by atomic mass is 31.2. The SMILES string of the molecule is [C-]#[N+]C1=CC(C=O)=CC(C#N)=P12c1ccccc1-c1ccccc12. The minimum absolute atomic E-state index is 0.380. The van der Waals surface area contributed by atoms with E-state index in [0.717, 1.165) is 21.7 Å². The maximum absolute atomic E-state index is 11.3. The van der Waals surface area contributed by atoms with Gasteiger partial charge in [0, 0.05) is 12.5 Å². The molecule has 2 aliphatic heterocycles. The van der Waals surface area contributed by atoms with Crippen molar-refractivity contribution >= 4 is 29.1 Å². The Labute approximate surface area is 140 Å². The molecule has 0 unspecified atom stereocenters. The standard InChI is InChI=1S/C20H11N2OP/c1-22-20-11-14(13-23)10-15(12-21)24(20)18-8-4-2-6-16(18)17-7-3-5-9-19(17)24/h2-11,13H. The van der Waals surface area contributed by atoms with Gasteiger partial charge in [0.25, 0.3) is 0 Å². The van der Waals surface area contributed by atoms with Crippen molar-refractivity contribution in [3.05, 3.63) is 83.1 Å². The van der Waals surface area contributed by atoms with Crippen molar-refractivity contribution < 1.29 is 4.79 Å². The second-order valence-electron chi connectivity index (χ2n) is 5.58. The van der Waals surface area contributed by atoms with E-state index in [-0.39, 0.29) is 0 Å². The highest BCUT2D eigenvalue weighted by Crippen LogP contribution is 2.63. The molecule has 4 rings (SSSR count). The minimum atomic E-state index is -2.46. The van der Waals surface area contributed by atoms with Crippen LogP contribution in [0.4, 0.5) is 0 Å². The zero-order chi connectivity index (χ0) is 16.7. The highest BCUT2D eigenvalue weighted by molar-refractivity contribution is 7.94. The summed E-state index contributed by atoms with van der Waals surface area (Å²) in [6.45, 7) is 5.25. The number of nitriles is 1. The average molecular weight is 326 g/mol. The van der Waals surface area contributed by atoms with Crippen LogP contribution in [0.15, 0.2) is 71.7 Å². The molecule has 0 aliphatic carbocycles. The van der Waals surface area contributed by atoms with Crippen molar-refractivity contribution in [3.63, 3.8) is 0 Å². The summed E-state index contributed by atoms with van der Waals surface area (Å²) in [5, 5.41) is 12.4. The lowest BCUT2D eigenvalue weighted by molar-refractivity contribution is -0.104. The van der Waals surface area contributed by atoms with Crippen LogP contribution in [0, 0.1) is 17.9 Å². The molecule has 2 aliphatic rings. The maximum atomic E-state index is 11.3. The molecule has 2 aromatic rings. The summed E-state index contributed by atoms with van der Waals surface area (Å²) in [5.41, 5.74) is 3.03. The van der Waals surface area contributed by atoms with E-state index in [1.165, 1.54) is 0 Å². The van der Waals surface area contributed by atoms with Crippen molar-refractivity contribution in [3.8, 4) is 17.2 Å². The Morgan fingerprint density at radius 3 is 2.08 bits per heavy atom. The summed E-state index contributed by atoms with van der Waals surface area (Å²) < 4.78 is 0. The van der Waals surface area contributed by atoms with Crippen LogP contribution >= 0.6 is 6.89 Å². The number of fused-ring (bicyclic) bond motifs is 5. The van der Waals surface area contributed by atoms with Crippen LogP contribution in [-0.4, -0.2) is 11.6 Å². The number of hydrogen-bond acceptors (Lipinski definition) is 2. The number of allylic oxidation sites excluding steroid dienone is 3. The molecule has 0 amide bonds. The molecule has 0 N–H and O–H groups in total. The first-order valence-corrected chi connectivity index (χ1v) is 9.19. The van der Waals surface area contributed by atoms with Crippen molar-refractivity contribution in [2.75, 3.05) is 0 Å². The van der Waals surface area contributed by atoms with Crippen molar-refractivity contribution in [2.45, 2.75) is 0 Å². The molecule has 1 spiro atoms. The van der Waals surface area contributed by atoms with E-state index in [1.807, 2.05) is 48.5 Å². The smallest absolute Gasteiger partial charge is 0.196 e. The molecular weight excluding hydrogens is 315 g/mol. The third-order valence-electron chi connectivity index (χ3n) is 4.49. The first-order valence-electron chi connectivity index (χ1n) is 7.40. The lowest BCUT2D eigenvalue weighted by atomic mass is 10.1. The molecule has 0 saturated carbocycles. The fourth-order valence-electron chi connectivity index (χ4n) is 3.57. The second-order valence-corrected chi connectivity index (χ2v) is 8.82. The van der Waals surface area contributed by atoms with Crippen LogP contribution in [0.3, 0.4) is 0 Å². The topological polar surface area (TPSA) is 45.2 Å². The number of carbonyl (C=O) groups excluding carboxylic acids is 1. The molecule has 0 radical (unpaired) electrons. The Morgan fingerprint density at radius 2 is 1.58 bits per heavy atom.